The molecule has 0 fully saturated rings. The van der Waals surface area contributed by atoms with Gasteiger partial charge in [0.2, 0.25) is 10.0 Å². The number of hydrogen-bond acceptors (Lipinski definition) is 3. The molecule has 108 valence electrons. The predicted octanol–water partition coefficient (Wildman–Crippen LogP) is 3.05. The molecule has 1 unspecified atom stereocenters. The van der Waals surface area contributed by atoms with Gasteiger partial charge in [0, 0.05) is 17.6 Å². The third-order valence-electron chi connectivity index (χ3n) is 2.48. The van der Waals surface area contributed by atoms with Crippen LogP contribution in [0, 0.1) is 0 Å². The monoisotopic (exact) mass is 344 g/mol. The predicted molar refractivity (Wildman–Crippen MR) is 79.5 cm³/mol. The van der Waals surface area contributed by atoms with Gasteiger partial charge < -0.3 is 5.73 Å². The summed E-state index contributed by atoms with van der Waals surface area (Å²) in [7, 11) is -3.82. The Morgan fingerprint density at radius 3 is 2.21 bits per heavy atom. The maximum atomic E-state index is 12.3. The van der Waals surface area contributed by atoms with Crippen molar-refractivity contribution in [3.63, 3.8) is 0 Å². The van der Waals surface area contributed by atoms with Crippen molar-refractivity contribution < 1.29 is 8.42 Å². The molecular weight excluding hydrogens is 331 g/mol. The first kappa shape index (κ1) is 17.0. The van der Waals surface area contributed by atoms with Crippen molar-refractivity contribution in [1.29, 1.82) is 0 Å². The molecule has 1 atom stereocenters. The summed E-state index contributed by atoms with van der Waals surface area (Å²) >= 11 is 17.6. The molecule has 0 spiro atoms. The number of nitrogens with two attached hydrogens (primary N) is 1. The van der Waals surface area contributed by atoms with Gasteiger partial charge in [-0.25, -0.2) is 13.1 Å². The van der Waals surface area contributed by atoms with E-state index in [0.29, 0.717) is 6.42 Å². The fourth-order valence-corrected chi connectivity index (χ4v) is 4.47. The molecule has 0 aliphatic carbocycles. The lowest BCUT2D eigenvalue weighted by Crippen LogP contribution is -2.40. The van der Waals surface area contributed by atoms with Crippen LogP contribution in [0.3, 0.4) is 0 Å². The fraction of sp³-hybridized carbons (Fsp3) is 0.455. The van der Waals surface area contributed by atoms with Crippen LogP contribution in [-0.2, 0) is 10.0 Å². The van der Waals surface area contributed by atoms with Gasteiger partial charge in [0.15, 0.2) is 0 Å². The quantitative estimate of drug-likeness (QED) is 0.832. The van der Waals surface area contributed by atoms with Gasteiger partial charge in [-0.1, -0.05) is 48.1 Å². The number of sulfonamides is 1. The molecule has 1 rings (SSSR count). The average molecular weight is 346 g/mol. The van der Waals surface area contributed by atoms with Crippen molar-refractivity contribution in [2.45, 2.75) is 30.7 Å². The summed E-state index contributed by atoms with van der Waals surface area (Å²) in [6.45, 7) is 2.15. The van der Waals surface area contributed by atoms with Crippen molar-refractivity contribution in [2.75, 3.05) is 6.54 Å². The lowest BCUT2D eigenvalue weighted by Gasteiger charge is -2.17. The SMILES string of the molecule is CCCC(CN)NS(=O)(=O)c1c(Cl)cc(Cl)cc1Cl. The highest BCUT2D eigenvalue weighted by Crippen LogP contribution is 2.32. The smallest absolute Gasteiger partial charge is 0.243 e. The molecule has 0 amide bonds. The first-order chi connectivity index (χ1) is 8.81. The number of nitrogens with one attached hydrogen (secondary N) is 1. The number of benzene rings is 1. The van der Waals surface area contributed by atoms with Crippen molar-refractivity contribution in [2.24, 2.45) is 5.73 Å². The van der Waals surface area contributed by atoms with E-state index >= 15 is 0 Å². The molecule has 0 aliphatic rings. The van der Waals surface area contributed by atoms with Crippen LogP contribution in [0.25, 0.3) is 0 Å². The Kier molecular flexibility index (Phi) is 6.36. The lowest BCUT2D eigenvalue weighted by molar-refractivity contribution is 0.527. The van der Waals surface area contributed by atoms with E-state index in [0.717, 1.165) is 6.42 Å². The van der Waals surface area contributed by atoms with E-state index in [2.05, 4.69) is 4.72 Å². The standard InChI is InChI=1S/C11H15Cl3N2O2S/c1-2-3-8(6-15)16-19(17,18)11-9(13)4-7(12)5-10(11)14/h4-5,8,16H,2-3,6,15H2,1H3. The Balaban J connectivity index is 3.14. The minimum absolute atomic E-state index is 0.0164. The molecule has 0 aliphatic heterocycles. The van der Waals surface area contributed by atoms with E-state index in [9.17, 15) is 8.42 Å². The summed E-state index contributed by atoms with van der Waals surface area (Å²) in [5.74, 6) is 0. The van der Waals surface area contributed by atoms with Crippen LogP contribution >= 0.6 is 34.8 Å². The van der Waals surface area contributed by atoms with E-state index in [1.807, 2.05) is 6.92 Å². The minimum Gasteiger partial charge on any atom is -0.329 e. The second-order valence-corrected chi connectivity index (χ2v) is 6.94. The maximum Gasteiger partial charge on any atom is 0.243 e. The zero-order chi connectivity index (χ0) is 14.6. The largest absolute Gasteiger partial charge is 0.329 e. The lowest BCUT2D eigenvalue weighted by atomic mass is 10.2. The highest BCUT2D eigenvalue weighted by atomic mass is 35.5. The third-order valence-corrected chi connectivity index (χ3v) is 5.13. The van der Waals surface area contributed by atoms with E-state index in [4.69, 9.17) is 40.5 Å². The van der Waals surface area contributed by atoms with E-state index in [1.54, 1.807) is 0 Å². The van der Waals surface area contributed by atoms with Gasteiger partial charge in [0.05, 0.1) is 10.0 Å². The van der Waals surface area contributed by atoms with Gasteiger partial charge in [-0.2, -0.15) is 0 Å². The van der Waals surface area contributed by atoms with E-state index in [-0.39, 0.29) is 32.5 Å². The molecule has 0 saturated heterocycles. The van der Waals surface area contributed by atoms with Crippen molar-refractivity contribution in [3.8, 4) is 0 Å². The van der Waals surface area contributed by atoms with E-state index in [1.165, 1.54) is 12.1 Å². The first-order valence-electron chi connectivity index (χ1n) is 5.68. The Morgan fingerprint density at radius 1 is 1.26 bits per heavy atom. The molecule has 4 nitrogen and oxygen atoms in total. The minimum atomic E-state index is -3.82. The first-order valence-corrected chi connectivity index (χ1v) is 8.30. The highest BCUT2D eigenvalue weighted by molar-refractivity contribution is 7.89. The number of hydrogen-bond donors (Lipinski definition) is 2. The summed E-state index contributed by atoms with van der Waals surface area (Å²) in [6, 6.07) is 2.32. The van der Waals surface area contributed by atoms with Crippen LogP contribution in [0.1, 0.15) is 19.8 Å². The van der Waals surface area contributed by atoms with Crippen LogP contribution in [-0.4, -0.2) is 21.0 Å². The van der Waals surface area contributed by atoms with Gasteiger partial charge in [-0.3, -0.25) is 0 Å². The van der Waals surface area contributed by atoms with Crippen LogP contribution in [0.15, 0.2) is 17.0 Å². The summed E-state index contributed by atoms with van der Waals surface area (Å²) in [4.78, 5) is -0.171. The van der Waals surface area contributed by atoms with Gasteiger partial charge in [0.1, 0.15) is 4.90 Å². The molecule has 1 aromatic rings. The highest BCUT2D eigenvalue weighted by Gasteiger charge is 2.24. The number of rotatable bonds is 6. The maximum absolute atomic E-state index is 12.3. The molecule has 1 aromatic carbocycles. The van der Waals surface area contributed by atoms with Gasteiger partial charge in [0.25, 0.3) is 0 Å². The van der Waals surface area contributed by atoms with Gasteiger partial charge in [-0.05, 0) is 18.6 Å². The fourth-order valence-electron chi connectivity index (χ4n) is 1.64. The Bertz CT molecular complexity index is 526. The zero-order valence-electron chi connectivity index (χ0n) is 10.3. The molecule has 3 N–H and O–H groups in total. The molecule has 0 aromatic heterocycles. The summed E-state index contributed by atoms with van der Waals surface area (Å²) in [5.41, 5.74) is 5.53. The molecular formula is C11H15Cl3N2O2S. The topological polar surface area (TPSA) is 72.2 Å². The van der Waals surface area contributed by atoms with Crippen LogP contribution in [0.4, 0.5) is 0 Å². The molecule has 8 heteroatoms. The summed E-state index contributed by atoms with van der Waals surface area (Å²) < 4.78 is 27.0. The average Bonchev–Trinajstić information content (AvgIpc) is 2.25. The molecule has 0 saturated carbocycles. The van der Waals surface area contributed by atoms with Crippen LogP contribution in [0.5, 0.6) is 0 Å². The van der Waals surface area contributed by atoms with E-state index < -0.39 is 10.0 Å². The second-order valence-electron chi connectivity index (χ2n) is 4.04. The van der Waals surface area contributed by atoms with Gasteiger partial charge in [-0.15, -0.1) is 0 Å². The number of halogens is 3. The molecule has 0 radical (unpaired) electrons. The Labute approximate surface area is 128 Å². The molecule has 0 bridgehead atoms. The molecule has 0 heterocycles. The summed E-state index contributed by atoms with van der Waals surface area (Å²) in [5, 5.41) is 0.243. The van der Waals surface area contributed by atoms with Crippen LogP contribution < -0.4 is 10.5 Å². The Hall–Kier alpha value is -0.0400. The van der Waals surface area contributed by atoms with Crippen molar-refractivity contribution >= 4 is 44.8 Å². The normalized spacial score (nSPS) is 13.5. The third kappa shape index (κ3) is 4.48. The summed E-state index contributed by atoms with van der Waals surface area (Å²) in [6.07, 6.45) is 1.45. The van der Waals surface area contributed by atoms with Crippen LogP contribution in [0.2, 0.25) is 15.1 Å². The molecule has 19 heavy (non-hydrogen) atoms. The Morgan fingerprint density at radius 2 is 1.79 bits per heavy atom. The van der Waals surface area contributed by atoms with Gasteiger partial charge >= 0.3 is 0 Å². The van der Waals surface area contributed by atoms with Crippen molar-refractivity contribution in [3.05, 3.63) is 27.2 Å². The second kappa shape index (κ2) is 7.11. The zero-order valence-corrected chi connectivity index (χ0v) is 13.4. The van der Waals surface area contributed by atoms with Crippen molar-refractivity contribution in [1.82, 2.24) is 4.72 Å².